The van der Waals surface area contributed by atoms with E-state index in [4.69, 9.17) is 4.42 Å². The monoisotopic (exact) mass is 443 g/mol. The molecule has 1 aliphatic rings. The van der Waals surface area contributed by atoms with Gasteiger partial charge >= 0.3 is 6.18 Å². The zero-order chi connectivity index (χ0) is 22.9. The maximum absolute atomic E-state index is 12.9. The molecule has 10 heteroatoms. The normalized spacial score (nSPS) is 14.9. The van der Waals surface area contributed by atoms with E-state index in [9.17, 15) is 23.2 Å². The number of pyridine rings is 1. The molecule has 7 nitrogen and oxygen atoms in total. The van der Waals surface area contributed by atoms with Gasteiger partial charge in [-0.1, -0.05) is 0 Å². The van der Waals surface area contributed by atoms with E-state index >= 15 is 0 Å². The first kappa shape index (κ1) is 21.5. The zero-order valence-electron chi connectivity index (χ0n) is 17.2. The van der Waals surface area contributed by atoms with Crippen LogP contribution in [-0.4, -0.2) is 34.6 Å². The number of aryl methyl sites for hydroxylation is 1. The van der Waals surface area contributed by atoms with E-state index in [0.29, 0.717) is 43.4 Å². The lowest BCUT2D eigenvalue weighted by Gasteiger charge is -2.33. The van der Waals surface area contributed by atoms with Gasteiger partial charge in [0.2, 0.25) is 5.88 Å². The summed E-state index contributed by atoms with van der Waals surface area (Å²) in [6, 6.07) is 7.88. The van der Waals surface area contributed by atoms with Crippen LogP contribution in [0.5, 0.6) is 0 Å². The van der Waals surface area contributed by atoms with Gasteiger partial charge in [0.05, 0.1) is 5.56 Å². The molecule has 0 unspecified atom stereocenters. The average molecular weight is 443 g/mol. The standard InChI is InChI=1S/C22H20F3N5O2/c1-14-19(17(12-26)21(32-14)30-8-2-3-9-30)20(31)28-16-6-10-29(11-7-16)18-5-4-15(13-27-18)22(23,24)25/h2-5,8-9,13,16H,6-7,10-11H2,1H3,(H,28,31). The number of furan rings is 1. The minimum absolute atomic E-state index is 0.135. The number of carbonyl (C=O) groups is 1. The first-order valence-corrected chi connectivity index (χ1v) is 10.0. The second-order valence-electron chi connectivity index (χ2n) is 7.55. The van der Waals surface area contributed by atoms with Crippen LogP contribution in [0.2, 0.25) is 0 Å². The minimum Gasteiger partial charge on any atom is -0.443 e. The molecule has 3 aromatic rings. The molecular weight excluding hydrogens is 423 g/mol. The molecule has 1 aliphatic heterocycles. The van der Waals surface area contributed by atoms with Crippen LogP contribution in [0, 0.1) is 18.3 Å². The van der Waals surface area contributed by atoms with Gasteiger partial charge < -0.3 is 14.6 Å². The summed E-state index contributed by atoms with van der Waals surface area (Å²) in [7, 11) is 0. The molecule has 0 spiro atoms. The first-order valence-electron chi connectivity index (χ1n) is 10.0. The van der Waals surface area contributed by atoms with Crippen molar-refractivity contribution in [1.82, 2.24) is 14.9 Å². The molecule has 3 aromatic heterocycles. The fraction of sp³-hybridized carbons (Fsp3) is 0.318. The summed E-state index contributed by atoms with van der Waals surface area (Å²) in [4.78, 5) is 18.7. The predicted molar refractivity (Wildman–Crippen MR) is 109 cm³/mol. The third kappa shape index (κ3) is 4.19. The second kappa shape index (κ2) is 8.42. The van der Waals surface area contributed by atoms with Crippen molar-refractivity contribution in [3.8, 4) is 12.0 Å². The van der Waals surface area contributed by atoms with Crippen LogP contribution in [0.3, 0.4) is 0 Å². The highest BCUT2D eigenvalue weighted by Crippen LogP contribution is 2.30. The smallest absolute Gasteiger partial charge is 0.417 e. The van der Waals surface area contributed by atoms with Gasteiger partial charge in [0.1, 0.15) is 28.8 Å². The molecule has 0 saturated carbocycles. The van der Waals surface area contributed by atoms with Crippen LogP contribution in [0.1, 0.15) is 40.1 Å². The number of piperidine rings is 1. The van der Waals surface area contributed by atoms with E-state index in [1.807, 2.05) is 4.90 Å². The van der Waals surface area contributed by atoms with Crippen molar-refractivity contribution < 1.29 is 22.4 Å². The first-order chi connectivity index (χ1) is 15.3. The molecule has 4 rings (SSSR count). The van der Waals surface area contributed by atoms with Gasteiger partial charge in [-0.05, 0) is 44.0 Å². The van der Waals surface area contributed by atoms with Crippen molar-refractivity contribution >= 4 is 11.7 Å². The van der Waals surface area contributed by atoms with E-state index in [1.54, 1.807) is 36.0 Å². The van der Waals surface area contributed by atoms with Gasteiger partial charge in [0.25, 0.3) is 5.91 Å². The minimum atomic E-state index is -4.42. The van der Waals surface area contributed by atoms with E-state index in [2.05, 4.69) is 16.4 Å². The molecule has 1 N–H and O–H groups in total. The van der Waals surface area contributed by atoms with Gasteiger partial charge in [-0.25, -0.2) is 4.98 Å². The molecule has 0 atom stereocenters. The Kier molecular flexibility index (Phi) is 5.65. The molecule has 1 fully saturated rings. The number of aromatic nitrogens is 2. The number of rotatable bonds is 4. The third-order valence-electron chi connectivity index (χ3n) is 5.47. The molecule has 166 valence electrons. The van der Waals surface area contributed by atoms with Crippen LogP contribution >= 0.6 is 0 Å². The fourth-order valence-corrected chi connectivity index (χ4v) is 3.81. The number of nitrogens with zero attached hydrogens (tertiary/aromatic N) is 4. The van der Waals surface area contributed by atoms with Crippen molar-refractivity contribution in [2.45, 2.75) is 32.0 Å². The van der Waals surface area contributed by atoms with Gasteiger partial charge in [0, 0.05) is 37.7 Å². The molecule has 1 amide bonds. The van der Waals surface area contributed by atoms with Crippen molar-refractivity contribution in [2.75, 3.05) is 18.0 Å². The molecule has 0 aromatic carbocycles. The van der Waals surface area contributed by atoms with Gasteiger partial charge in [0.15, 0.2) is 0 Å². The van der Waals surface area contributed by atoms with Crippen LogP contribution in [0.25, 0.3) is 5.88 Å². The fourth-order valence-electron chi connectivity index (χ4n) is 3.81. The van der Waals surface area contributed by atoms with Gasteiger partial charge in [-0.2, -0.15) is 18.4 Å². The Balaban J connectivity index is 1.41. The van der Waals surface area contributed by atoms with Crippen molar-refractivity contribution in [1.29, 1.82) is 5.26 Å². The summed E-state index contributed by atoms with van der Waals surface area (Å²) in [5, 5.41) is 12.6. The molecule has 0 bridgehead atoms. The maximum Gasteiger partial charge on any atom is 0.417 e. The Bertz CT molecular complexity index is 1140. The summed E-state index contributed by atoms with van der Waals surface area (Å²) >= 11 is 0. The lowest BCUT2D eigenvalue weighted by molar-refractivity contribution is -0.137. The summed E-state index contributed by atoms with van der Waals surface area (Å²) in [5.74, 6) is 0.737. The molecule has 4 heterocycles. The number of halogens is 3. The Morgan fingerprint density at radius 3 is 2.50 bits per heavy atom. The number of anilines is 1. The van der Waals surface area contributed by atoms with Crippen LogP contribution < -0.4 is 10.2 Å². The highest BCUT2D eigenvalue weighted by Gasteiger charge is 2.31. The topological polar surface area (TPSA) is 87.1 Å². The number of hydrogen-bond acceptors (Lipinski definition) is 5. The number of amides is 1. The zero-order valence-corrected chi connectivity index (χ0v) is 17.2. The Hall–Kier alpha value is -3.74. The summed E-state index contributed by atoms with van der Waals surface area (Å²) in [6.45, 7) is 2.71. The number of hydrogen-bond donors (Lipinski definition) is 1. The number of nitriles is 1. The maximum atomic E-state index is 12.9. The molecule has 32 heavy (non-hydrogen) atoms. The SMILES string of the molecule is Cc1oc(-n2cccc2)c(C#N)c1C(=O)NC1CCN(c2ccc(C(F)(F)F)cn2)CC1. The third-order valence-corrected chi connectivity index (χ3v) is 5.47. The molecule has 0 aliphatic carbocycles. The van der Waals surface area contributed by atoms with Crippen LogP contribution in [0.15, 0.2) is 47.3 Å². The van der Waals surface area contributed by atoms with Crippen molar-refractivity contribution in [3.63, 3.8) is 0 Å². The highest BCUT2D eigenvalue weighted by molar-refractivity contribution is 5.98. The Morgan fingerprint density at radius 1 is 1.25 bits per heavy atom. The van der Waals surface area contributed by atoms with Gasteiger partial charge in [-0.15, -0.1) is 0 Å². The molecule has 0 radical (unpaired) electrons. The Labute approximate surface area is 182 Å². The van der Waals surface area contributed by atoms with E-state index < -0.39 is 11.7 Å². The molecular formula is C22H20F3N5O2. The van der Waals surface area contributed by atoms with E-state index in [-0.39, 0.29) is 23.1 Å². The second-order valence-corrected chi connectivity index (χ2v) is 7.55. The number of nitrogens with one attached hydrogen (secondary N) is 1. The lowest BCUT2D eigenvalue weighted by Crippen LogP contribution is -2.45. The summed E-state index contributed by atoms with van der Waals surface area (Å²) in [6.07, 6.45) is 1.06. The highest BCUT2D eigenvalue weighted by atomic mass is 19.4. The van der Waals surface area contributed by atoms with Crippen LogP contribution in [-0.2, 0) is 6.18 Å². The quantitative estimate of drug-likeness (QED) is 0.657. The summed E-state index contributed by atoms with van der Waals surface area (Å²) in [5.41, 5.74) is -0.405. The average Bonchev–Trinajstić information content (AvgIpc) is 3.41. The van der Waals surface area contributed by atoms with Crippen LogP contribution in [0.4, 0.5) is 19.0 Å². The van der Waals surface area contributed by atoms with Crippen molar-refractivity contribution in [3.05, 3.63) is 65.3 Å². The predicted octanol–water partition coefficient (Wildman–Crippen LogP) is 4.06. The van der Waals surface area contributed by atoms with E-state index in [1.165, 1.54) is 6.07 Å². The van der Waals surface area contributed by atoms with Gasteiger partial charge in [-0.3, -0.25) is 9.36 Å². The van der Waals surface area contributed by atoms with E-state index in [0.717, 1.165) is 12.3 Å². The Morgan fingerprint density at radius 2 is 1.94 bits per heavy atom. The lowest BCUT2D eigenvalue weighted by atomic mass is 10.0. The number of alkyl halides is 3. The largest absolute Gasteiger partial charge is 0.443 e. The van der Waals surface area contributed by atoms with Crippen molar-refractivity contribution in [2.24, 2.45) is 0 Å². The number of carbonyl (C=O) groups excluding carboxylic acids is 1. The molecule has 1 saturated heterocycles. The summed E-state index contributed by atoms with van der Waals surface area (Å²) < 4.78 is 45.5.